The lowest BCUT2D eigenvalue weighted by Crippen LogP contribution is -2.43. The van der Waals surface area contributed by atoms with E-state index in [1.807, 2.05) is 0 Å². The van der Waals surface area contributed by atoms with Crippen LogP contribution in [-0.4, -0.2) is 37.5 Å². The Kier molecular flexibility index (Phi) is 5.53. The standard InChI is InChI=1S/C17H24N2O5S/c1-12(20)19-10-4-5-13-6-7-14(11-15(13)19)25(23,24)18-17(2,3)9-8-16(21)22/h6-7,11,18H,4-5,8-10H2,1-3H3,(H,21,22). The van der Waals surface area contributed by atoms with Gasteiger partial charge in [-0.3, -0.25) is 9.59 Å². The molecule has 0 atom stereocenters. The van der Waals surface area contributed by atoms with Gasteiger partial charge in [-0.15, -0.1) is 0 Å². The first-order valence-corrected chi connectivity index (χ1v) is 9.67. The van der Waals surface area contributed by atoms with Gasteiger partial charge >= 0.3 is 5.97 Å². The van der Waals surface area contributed by atoms with Crippen LogP contribution in [0.2, 0.25) is 0 Å². The van der Waals surface area contributed by atoms with E-state index in [2.05, 4.69) is 4.72 Å². The second-order valence-corrected chi connectivity index (χ2v) is 8.63. The number of hydrogen-bond donors (Lipinski definition) is 2. The number of hydrogen-bond acceptors (Lipinski definition) is 4. The second-order valence-electron chi connectivity index (χ2n) is 6.95. The summed E-state index contributed by atoms with van der Waals surface area (Å²) in [6, 6.07) is 4.78. The van der Waals surface area contributed by atoms with Gasteiger partial charge in [0.1, 0.15) is 0 Å². The maximum absolute atomic E-state index is 12.7. The Morgan fingerprint density at radius 2 is 2.00 bits per heavy atom. The molecule has 0 radical (unpaired) electrons. The van der Waals surface area contributed by atoms with Crippen LogP contribution in [0.3, 0.4) is 0 Å². The van der Waals surface area contributed by atoms with Crippen molar-refractivity contribution < 1.29 is 23.1 Å². The molecule has 0 aliphatic carbocycles. The Balaban J connectivity index is 2.29. The summed E-state index contributed by atoms with van der Waals surface area (Å²) in [4.78, 5) is 24.2. The van der Waals surface area contributed by atoms with Crippen molar-refractivity contribution in [3.63, 3.8) is 0 Å². The number of amides is 1. The molecule has 1 aliphatic heterocycles. The zero-order valence-corrected chi connectivity index (χ0v) is 15.5. The van der Waals surface area contributed by atoms with Crippen molar-refractivity contribution in [2.45, 2.75) is 56.9 Å². The molecule has 1 aliphatic rings. The first-order chi connectivity index (χ1) is 11.5. The molecule has 2 rings (SSSR count). The van der Waals surface area contributed by atoms with Crippen LogP contribution in [0.15, 0.2) is 23.1 Å². The zero-order chi connectivity index (χ0) is 18.8. The van der Waals surface area contributed by atoms with Crippen molar-refractivity contribution in [2.75, 3.05) is 11.4 Å². The number of nitrogens with zero attached hydrogens (tertiary/aromatic N) is 1. The molecule has 2 N–H and O–H groups in total. The molecule has 1 aromatic carbocycles. The van der Waals surface area contributed by atoms with Crippen LogP contribution in [-0.2, 0) is 26.0 Å². The Labute approximate surface area is 148 Å². The largest absolute Gasteiger partial charge is 0.481 e. The number of benzene rings is 1. The lowest BCUT2D eigenvalue weighted by atomic mass is 10.0. The molecule has 25 heavy (non-hydrogen) atoms. The van der Waals surface area contributed by atoms with E-state index in [1.165, 1.54) is 19.1 Å². The summed E-state index contributed by atoms with van der Waals surface area (Å²) in [5.74, 6) is -1.09. The molecule has 0 aromatic heterocycles. The summed E-state index contributed by atoms with van der Waals surface area (Å²) in [7, 11) is -3.83. The Morgan fingerprint density at radius 3 is 2.60 bits per heavy atom. The number of nitrogens with one attached hydrogen (secondary N) is 1. The maximum Gasteiger partial charge on any atom is 0.303 e. The van der Waals surface area contributed by atoms with Gasteiger partial charge in [-0.25, -0.2) is 13.1 Å². The SMILES string of the molecule is CC(=O)N1CCCc2ccc(S(=O)(=O)NC(C)(C)CCC(=O)O)cc21. The van der Waals surface area contributed by atoms with E-state index in [1.54, 1.807) is 24.8 Å². The number of sulfonamides is 1. The molecule has 0 saturated carbocycles. The fourth-order valence-electron chi connectivity index (χ4n) is 2.94. The van der Waals surface area contributed by atoms with Crippen LogP contribution in [0, 0.1) is 0 Å². The highest BCUT2D eigenvalue weighted by atomic mass is 32.2. The number of rotatable bonds is 6. The fourth-order valence-corrected chi connectivity index (χ4v) is 4.40. The minimum Gasteiger partial charge on any atom is -0.481 e. The lowest BCUT2D eigenvalue weighted by Gasteiger charge is -2.30. The number of aryl methyl sites for hydroxylation is 1. The van der Waals surface area contributed by atoms with Gasteiger partial charge in [-0.1, -0.05) is 6.07 Å². The second kappa shape index (κ2) is 7.13. The minimum atomic E-state index is -3.83. The van der Waals surface area contributed by atoms with Gasteiger partial charge in [-0.2, -0.15) is 0 Å². The van der Waals surface area contributed by atoms with Crippen LogP contribution in [0.1, 0.15) is 45.6 Å². The summed E-state index contributed by atoms with van der Waals surface area (Å²) in [6.45, 7) is 5.33. The smallest absolute Gasteiger partial charge is 0.303 e. The average molecular weight is 368 g/mol. The van der Waals surface area contributed by atoms with Gasteiger partial charge in [0.05, 0.1) is 4.90 Å². The van der Waals surface area contributed by atoms with E-state index >= 15 is 0 Å². The molecule has 7 nitrogen and oxygen atoms in total. The highest BCUT2D eigenvalue weighted by Gasteiger charge is 2.28. The number of carbonyl (C=O) groups is 2. The monoisotopic (exact) mass is 368 g/mol. The number of fused-ring (bicyclic) bond motifs is 1. The van der Waals surface area contributed by atoms with Gasteiger partial charge in [0.25, 0.3) is 0 Å². The van der Waals surface area contributed by atoms with Crippen molar-refractivity contribution in [1.29, 1.82) is 0 Å². The van der Waals surface area contributed by atoms with E-state index < -0.39 is 21.5 Å². The van der Waals surface area contributed by atoms with E-state index in [4.69, 9.17) is 5.11 Å². The van der Waals surface area contributed by atoms with Gasteiger partial charge in [0, 0.05) is 31.1 Å². The van der Waals surface area contributed by atoms with Gasteiger partial charge in [0.15, 0.2) is 0 Å². The van der Waals surface area contributed by atoms with E-state index in [-0.39, 0.29) is 23.6 Å². The molecule has 0 saturated heterocycles. The average Bonchev–Trinajstić information content (AvgIpc) is 2.51. The topological polar surface area (TPSA) is 104 Å². The molecule has 8 heteroatoms. The van der Waals surface area contributed by atoms with E-state index in [9.17, 15) is 18.0 Å². The summed E-state index contributed by atoms with van der Waals surface area (Å²) in [6.07, 6.45) is 1.69. The summed E-state index contributed by atoms with van der Waals surface area (Å²) >= 11 is 0. The zero-order valence-electron chi connectivity index (χ0n) is 14.7. The Morgan fingerprint density at radius 1 is 1.32 bits per heavy atom. The fraction of sp³-hybridized carbons (Fsp3) is 0.529. The van der Waals surface area contributed by atoms with E-state index in [0.29, 0.717) is 12.2 Å². The molecule has 0 bridgehead atoms. The van der Waals surface area contributed by atoms with Crippen molar-refractivity contribution in [3.05, 3.63) is 23.8 Å². The van der Waals surface area contributed by atoms with Crippen LogP contribution in [0.5, 0.6) is 0 Å². The normalized spacial score (nSPS) is 14.9. The highest BCUT2D eigenvalue weighted by Crippen LogP contribution is 2.30. The molecule has 0 spiro atoms. The minimum absolute atomic E-state index is 0.0720. The van der Waals surface area contributed by atoms with Crippen molar-refractivity contribution in [3.8, 4) is 0 Å². The molecule has 1 aromatic rings. The van der Waals surface area contributed by atoms with Crippen molar-refractivity contribution >= 4 is 27.6 Å². The molecule has 0 fully saturated rings. The predicted molar refractivity (Wildman–Crippen MR) is 94.1 cm³/mol. The van der Waals surface area contributed by atoms with Crippen molar-refractivity contribution in [2.24, 2.45) is 0 Å². The maximum atomic E-state index is 12.7. The number of carbonyl (C=O) groups excluding carboxylic acids is 1. The van der Waals surface area contributed by atoms with Gasteiger partial charge in [0.2, 0.25) is 15.9 Å². The first kappa shape index (κ1) is 19.4. The predicted octanol–water partition coefficient (Wildman–Crippen LogP) is 1.91. The summed E-state index contributed by atoms with van der Waals surface area (Å²) < 4.78 is 27.9. The molecular weight excluding hydrogens is 344 g/mol. The number of anilines is 1. The third-order valence-corrected chi connectivity index (χ3v) is 5.94. The van der Waals surface area contributed by atoms with Crippen molar-refractivity contribution in [1.82, 2.24) is 4.72 Å². The van der Waals surface area contributed by atoms with Gasteiger partial charge in [-0.05, 0) is 50.8 Å². The van der Waals surface area contributed by atoms with Crippen LogP contribution >= 0.6 is 0 Å². The number of carboxylic acids is 1. The third-order valence-electron chi connectivity index (χ3n) is 4.24. The third kappa shape index (κ3) is 4.79. The molecule has 138 valence electrons. The lowest BCUT2D eigenvalue weighted by molar-refractivity contribution is -0.137. The highest BCUT2D eigenvalue weighted by molar-refractivity contribution is 7.89. The first-order valence-electron chi connectivity index (χ1n) is 8.19. The van der Waals surface area contributed by atoms with E-state index in [0.717, 1.165) is 18.4 Å². The Hall–Kier alpha value is -1.93. The quantitative estimate of drug-likeness (QED) is 0.798. The number of aliphatic carboxylic acids is 1. The molecular formula is C17H24N2O5S. The summed E-state index contributed by atoms with van der Waals surface area (Å²) in [5, 5.41) is 8.79. The number of carboxylic acid groups (broad SMARTS) is 1. The molecule has 1 amide bonds. The van der Waals surface area contributed by atoms with Crippen LogP contribution < -0.4 is 9.62 Å². The van der Waals surface area contributed by atoms with Gasteiger partial charge < -0.3 is 10.0 Å². The van der Waals surface area contributed by atoms with Crippen LogP contribution in [0.25, 0.3) is 0 Å². The Bertz CT molecular complexity index is 786. The summed E-state index contributed by atoms with van der Waals surface area (Å²) in [5.41, 5.74) is 0.684. The molecule has 0 unspecified atom stereocenters. The van der Waals surface area contributed by atoms with Crippen LogP contribution in [0.4, 0.5) is 5.69 Å². The molecule has 1 heterocycles.